The first kappa shape index (κ1) is 15.6. The van der Waals surface area contributed by atoms with E-state index in [1.807, 2.05) is 19.3 Å². The molecule has 1 aromatic carbocycles. The molecule has 0 spiro atoms. The van der Waals surface area contributed by atoms with Crippen LogP contribution >= 0.6 is 0 Å². The fourth-order valence-electron chi connectivity index (χ4n) is 3.10. The molecule has 0 aliphatic carbocycles. The summed E-state index contributed by atoms with van der Waals surface area (Å²) in [5.41, 5.74) is 3.67. The average molecular weight is 359 g/mol. The van der Waals surface area contributed by atoms with Crippen LogP contribution in [0.25, 0.3) is 27.7 Å². The molecule has 0 bridgehead atoms. The maximum atomic E-state index is 15.2. The lowest BCUT2D eigenvalue weighted by molar-refractivity contribution is 0.377. The summed E-state index contributed by atoms with van der Waals surface area (Å²) < 4.78 is 18.3. The van der Waals surface area contributed by atoms with E-state index in [2.05, 4.69) is 25.4 Å². The van der Waals surface area contributed by atoms with Gasteiger partial charge in [-0.3, -0.25) is 9.67 Å². The maximum Gasteiger partial charge on any atom is 0.193 e. The highest BCUT2D eigenvalue weighted by atomic mass is 19.1. The van der Waals surface area contributed by atoms with Crippen LogP contribution in [0, 0.1) is 0 Å². The molecule has 7 nitrogen and oxygen atoms in total. The van der Waals surface area contributed by atoms with Crippen molar-refractivity contribution >= 4 is 16.6 Å². The molecule has 0 fully saturated rings. The molecule has 1 atom stereocenters. The van der Waals surface area contributed by atoms with E-state index in [9.17, 15) is 0 Å². The molecule has 0 aliphatic heterocycles. The number of fused-ring (bicyclic) bond motifs is 2. The largest absolute Gasteiger partial charge is 0.275 e. The van der Waals surface area contributed by atoms with Gasteiger partial charge in [0.05, 0.1) is 11.7 Å². The van der Waals surface area contributed by atoms with Crippen LogP contribution < -0.4 is 0 Å². The first-order chi connectivity index (χ1) is 13.2. The number of nitrogens with zero attached hydrogens (tertiary/aromatic N) is 7. The Morgan fingerprint density at radius 3 is 2.78 bits per heavy atom. The molecular formula is C19H14FN7. The number of halogens is 1. The minimum atomic E-state index is -1.44. The molecule has 5 rings (SSSR count). The zero-order valence-electron chi connectivity index (χ0n) is 14.4. The zero-order chi connectivity index (χ0) is 18.4. The van der Waals surface area contributed by atoms with Gasteiger partial charge in [0.25, 0.3) is 0 Å². The number of aromatic nitrogens is 7. The van der Waals surface area contributed by atoms with Gasteiger partial charge in [-0.1, -0.05) is 6.07 Å². The minimum absolute atomic E-state index is 0.154. The lowest BCUT2D eigenvalue weighted by atomic mass is 10.0. The van der Waals surface area contributed by atoms with Gasteiger partial charge in [-0.2, -0.15) is 14.7 Å². The van der Waals surface area contributed by atoms with E-state index in [1.165, 1.54) is 4.52 Å². The summed E-state index contributed by atoms with van der Waals surface area (Å²) in [5, 5.41) is 17.1. The van der Waals surface area contributed by atoms with Crippen molar-refractivity contribution in [2.75, 3.05) is 0 Å². The first-order valence-corrected chi connectivity index (χ1v) is 8.38. The Hall–Kier alpha value is -3.68. The Morgan fingerprint density at radius 1 is 1.00 bits per heavy atom. The molecule has 1 unspecified atom stereocenters. The summed E-state index contributed by atoms with van der Waals surface area (Å²) in [4.78, 5) is 4.47. The van der Waals surface area contributed by atoms with E-state index < -0.39 is 6.17 Å². The number of benzene rings is 1. The van der Waals surface area contributed by atoms with Gasteiger partial charge in [0.1, 0.15) is 0 Å². The van der Waals surface area contributed by atoms with Crippen LogP contribution in [0.4, 0.5) is 4.39 Å². The smallest absolute Gasteiger partial charge is 0.193 e. The third kappa shape index (κ3) is 2.62. The second-order valence-electron chi connectivity index (χ2n) is 6.29. The van der Waals surface area contributed by atoms with Gasteiger partial charge in [-0.25, -0.2) is 4.39 Å². The molecule has 8 heteroatoms. The van der Waals surface area contributed by atoms with Gasteiger partial charge >= 0.3 is 0 Å². The Morgan fingerprint density at radius 2 is 1.93 bits per heavy atom. The monoisotopic (exact) mass is 359 g/mol. The molecule has 0 N–H and O–H groups in total. The van der Waals surface area contributed by atoms with Crippen LogP contribution in [0.15, 0.2) is 61.2 Å². The van der Waals surface area contributed by atoms with Gasteiger partial charge < -0.3 is 0 Å². The van der Waals surface area contributed by atoms with Gasteiger partial charge in [-0.05, 0) is 35.9 Å². The van der Waals surface area contributed by atoms with Crippen LogP contribution in [0.3, 0.4) is 0 Å². The van der Waals surface area contributed by atoms with Crippen molar-refractivity contribution in [3.8, 4) is 11.1 Å². The van der Waals surface area contributed by atoms with Crippen molar-refractivity contribution in [3.63, 3.8) is 0 Å². The second kappa shape index (κ2) is 5.94. The molecule has 27 heavy (non-hydrogen) atoms. The number of pyridine rings is 1. The van der Waals surface area contributed by atoms with E-state index in [4.69, 9.17) is 0 Å². The highest BCUT2D eigenvalue weighted by Crippen LogP contribution is 2.29. The van der Waals surface area contributed by atoms with Crippen molar-refractivity contribution < 1.29 is 4.39 Å². The lowest BCUT2D eigenvalue weighted by Gasteiger charge is -2.08. The number of aryl methyl sites for hydroxylation is 1. The summed E-state index contributed by atoms with van der Waals surface area (Å²) in [6.07, 6.45) is 5.62. The summed E-state index contributed by atoms with van der Waals surface area (Å²) in [6, 6.07) is 10.8. The topological polar surface area (TPSA) is 73.8 Å². The van der Waals surface area contributed by atoms with Crippen molar-refractivity contribution in [2.24, 2.45) is 7.05 Å². The quantitative estimate of drug-likeness (QED) is 0.495. The van der Waals surface area contributed by atoms with Gasteiger partial charge in [-0.15, -0.1) is 10.2 Å². The second-order valence-corrected chi connectivity index (χ2v) is 6.29. The normalized spacial score (nSPS) is 12.7. The van der Waals surface area contributed by atoms with E-state index in [1.54, 1.807) is 53.6 Å². The highest BCUT2D eigenvalue weighted by Gasteiger charge is 2.20. The van der Waals surface area contributed by atoms with E-state index in [-0.39, 0.29) is 5.82 Å². The first-order valence-electron chi connectivity index (χ1n) is 8.38. The molecule has 0 saturated heterocycles. The Bertz CT molecular complexity index is 1270. The fourth-order valence-corrected chi connectivity index (χ4v) is 3.10. The van der Waals surface area contributed by atoms with Crippen LogP contribution in [-0.2, 0) is 7.05 Å². The third-order valence-corrected chi connectivity index (χ3v) is 4.47. The lowest BCUT2D eigenvalue weighted by Crippen LogP contribution is -2.03. The predicted octanol–water partition coefficient (Wildman–Crippen LogP) is 3.13. The van der Waals surface area contributed by atoms with Crippen molar-refractivity contribution in [3.05, 3.63) is 72.6 Å². The molecule has 4 heterocycles. The van der Waals surface area contributed by atoms with Crippen LogP contribution in [0.2, 0.25) is 0 Å². The summed E-state index contributed by atoms with van der Waals surface area (Å²) in [5.74, 6) is 0.154. The maximum absolute atomic E-state index is 15.2. The third-order valence-electron chi connectivity index (χ3n) is 4.47. The van der Waals surface area contributed by atoms with E-state index in [0.29, 0.717) is 11.2 Å². The number of hydrogen-bond acceptors (Lipinski definition) is 5. The molecule has 0 saturated carbocycles. The zero-order valence-corrected chi connectivity index (χ0v) is 14.4. The Balaban J connectivity index is 1.58. The molecule has 0 radical (unpaired) electrons. The van der Waals surface area contributed by atoms with Gasteiger partial charge in [0, 0.05) is 42.2 Å². The van der Waals surface area contributed by atoms with Gasteiger partial charge in [0.15, 0.2) is 17.6 Å². The molecule has 0 aliphatic rings. The molecule has 4 aromatic heterocycles. The SMILES string of the molecule is Cn1cc(-c2cnc3ccc(C(F)c4nnc5cccnn45)cc3c2)cn1. The van der Waals surface area contributed by atoms with Gasteiger partial charge in [0.2, 0.25) is 0 Å². The molecule has 5 aromatic rings. The Kier molecular flexibility index (Phi) is 3.43. The Labute approximate surface area is 153 Å². The summed E-state index contributed by atoms with van der Waals surface area (Å²) >= 11 is 0. The summed E-state index contributed by atoms with van der Waals surface area (Å²) in [6.45, 7) is 0. The summed E-state index contributed by atoms with van der Waals surface area (Å²) in [7, 11) is 1.86. The predicted molar refractivity (Wildman–Crippen MR) is 97.7 cm³/mol. The fraction of sp³-hybridized carbons (Fsp3) is 0.105. The number of alkyl halides is 1. The average Bonchev–Trinajstić information content (AvgIpc) is 3.33. The standard InChI is InChI=1S/C19H14FN7/c1-26-11-15(10-23-26)14-8-13-7-12(4-5-16(13)21-9-14)18(20)19-25-24-17-3-2-6-22-27(17)19/h2-11,18H,1H3. The van der Waals surface area contributed by atoms with Crippen molar-refractivity contribution in [1.29, 1.82) is 0 Å². The minimum Gasteiger partial charge on any atom is -0.275 e. The molecule has 0 amide bonds. The van der Waals surface area contributed by atoms with E-state index in [0.717, 1.165) is 22.0 Å². The van der Waals surface area contributed by atoms with Crippen molar-refractivity contribution in [2.45, 2.75) is 6.17 Å². The highest BCUT2D eigenvalue weighted by molar-refractivity contribution is 5.84. The molecular weight excluding hydrogens is 345 g/mol. The number of rotatable bonds is 3. The van der Waals surface area contributed by atoms with E-state index >= 15 is 4.39 Å². The number of hydrogen-bond donors (Lipinski definition) is 0. The van der Waals surface area contributed by atoms with Crippen molar-refractivity contribution in [1.82, 2.24) is 34.6 Å². The van der Waals surface area contributed by atoms with Crippen LogP contribution in [-0.4, -0.2) is 34.6 Å². The molecule has 132 valence electrons. The van der Waals surface area contributed by atoms with Crippen LogP contribution in [0.1, 0.15) is 17.6 Å². The van der Waals surface area contributed by atoms with Crippen LogP contribution in [0.5, 0.6) is 0 Å².